The summed E-state index contributed by atoms with van der Waals surface area (Å²) in [7, 11) is 0. The van der Waals surface area contributed by atoms with Gasteiger partial charge in [-0.2, -0.15) is 0 Å². The van der Waals surface area contributed by atoms with E-state index < -0.39 is 0 Å². The van der Waals surface area contributed by atoms with Crippen molar-refractivity contribution in [1.29, 1.82) is 0 Å². The van der Waals surface area contributed by atoms with E-state index in [-0.39, 0.29) is 5.78 Å². The Morgan fingerprint density at radius 1 is 1.42 bits per heavy atom. The van der Waals surface area contributed by atoms with Gasteiger partial charge in [-0.25, -0.2) is 0 Å². The zero-order valence-electron chi connectivity index (χ0n) is 11.0. The molecule has 0 saturated carbocycles. The molecule has 0 atom stereocenters. The monoisotopic (exact) mass is 259 g/mol. The maximum atomic E-state index is 11.8. The average Bonchev–Trinajstić information content (AvgIpc) is 2.41. The quantitative estimate of drug-likeness (QED) is 0.177. The molecular weight excluding hydrogens is 242 g/mol. The molecule has 0 radical (unpaired) electrons. The number of ketones is 1. The third-order valence-corrected chi connectivity index (χ3v) is 2.39. The van der Waals surface area contributed by atoms with Crippen LogP contribution in [0, 0.1) is 0 Å². The highest BCUT2D eigenvalue weighted by molar-refractivity contribution is 5.96. The highest BCUT2D eigenvalue weighted by atomic mass is 16.5. The molecule has 1 aromatic carbocycles. The molecule has 100 valence electrons. The minimum Gasteiger partial charge on any atom is -0.489 e. The summed E-state index contributed by atoms with van der Waals surface area (Å²) in [6.07, 6.45) is 0.946. The second kappa shape index (κ2) is 7.95. The number of Topliss-reactive ketones (excluding diaryl/α,β-unsaturated/α-hetero) is 1. The molecule has 0 aliphatic rings. The fourth-order valence-electron chi connectivity index (χ4n) is 1.44. The Labute approximate surface area is 112 Å². The highest BCUT2D eigenvalue weighted by Crippen LogP contribution is 2.14. The topological polar surface area (TPSA) is 75.1 Å². The molecular formula is C14H17N3O2. The van der Waals surface area contributed by atoms with Crippen LogP contribution in [0.2, 0.25) is 0 Å². The number of azide groups is 1. The standard InChI is InChI=1S/C14H17N3O2/c1-11(2)10-19-13-7-5-12(6-8-13)14(18)4-3-9-16-17-15/h5-8H,1,3-4,9-10H2,2H3. The molecule has 19 heavy (non-hydrogen) atoms. The fraction of sp³-hybridized carbons (Fsp3) is 0.357. The van der Waals surface area contributed by atoms with E-state index in [0.717, 1.165) is 5.57 Å². The van der Waals surface area contributed by atoms with E-state index in [2.05, 4.69) is 16.6 Å². The van der Waals surface area contributed by atoms with Crippen molar-refractivity contribution in [3.63, 3.8) is 0 Å². The van der Waals surface area contributed by atoms with Crippen LogP contribution in [0.4, 0.5) is 0 Å². The molecule has 0 amide bonds. The van der Waals surface area contributed by atoms with Crippen LogP contribution in [-0.2, 0) is 0 Å². The minimum absolute atomic E-state index is 0.0413. The van der Waals surface area contributed by atoms with Crippen molar-refractivity contribution < 1.29 is 9.53 Å². The van der Waals surface area contributed by atoms with Gasteiger partial charge in [-0.15, -0.1) is 0 Å². The lowest BCUT2D eigenvalue weighted by Gasteiger charge is -2.06. The summed E-state index contributed by atoms with van der Waals surface area (Å²) in [5, 5.41) is 3.39. The molecule has 0 aliphatic carbocycles. The van der Waals surface area contributed by atoms with Crippen molar-refractivity contribution in [2.24, 2.45) is 5.11 Å². The number of benzene rings is 1. The van der Waals surface area contributed by atoms with Crippen LogP contribution < -0.4 is 4.74 Å². The smallest absolute Gasteiger partial charge is 0.162 e. The van der Waals surface area contributed by atoms with Gasteiger partial charge in [-0.1, -0.05) is 11.7 Å². The molecule has 0 N–H and O–H groups in total. The maximum Gasteiger partial charge on any atom is 0.162 e. The maximum absolute atomic E-state index is 11.8. The summed E-state index contributed by atoms with van der Waals surface area (Å²) >= 11 is 0. The third-order valence-electron chi connectivity index (χ3n) is 2.39. The molecule has 5 heteroatoms. The molecule has 5 nitrogen and oxygen atoms in total. The van der Waals surface area contributed by atoms with E-state index in [0.29, 0.717) is 37.3 Å². The average molecular weight is 259 g/mol. The predicted molar refractivity (Wildman–Crippen MR) is 74.3 cm³/mol. The van der Waals surface area contributed by atoms with E-state index in [4.69, 9.17) is 10.3 Å². The Morgan fingerprint density at radius 2 is 2.11 bits per heavy atom. The van der Waals surface area contributed by atoms with Crippen molar-refractivity contribution in [2.45, 2.75) is 19.8 Å². The molecule has 0 spiro atoms. The minimum atomic E-state index is 0.0413. The molecule has 0 saturated heterocycles. The molecule has 0 aromatic heterocycles. The van der Waals surface area contributed by atoms with Gasteiger partial charge in [0.2, 0.25) is 0 Å². The summed E-state index contributed by atoms with van der Waals surface area (Å²) in [5.41, 5.74) is 9.71. The normalized spacial score (nSPS) is 9.53. The number of rotatable bonds is 8. The highest BCUT2D eigenvalue weighted by Gasteiger charge is 2.05. The first-order chi connectivity index (χ1) is 9.13. The van der Waals surface area contributed by atoms with Crippen LogP contribution in [0.3, 0.4) is 0 Å². The van der Waals surface area contributed by atoms with E-state index in [1.807, 2.05) is 6.92 Å². The zero-order valence-corrected chi connectivity index (χ0v) is 11.0. The largest absolute Gasteiger partial charge is 0.489 e. The van der Waals surface area contributed by atoms with Crippen molar-refractivity contribution >= 4 is 5.78 Å². The first kappa shape index (κ1) is 14.8. The van der Waals surface area contributed by atoms with Gasteiger partial charge in [-0.05, 0) is 48.7 Å². The van der Waals surface area contributed by atoms with E-state index in [9.17, 15) is 4.79 Å². The van der Waals surface area contributed by atoms with Crippen molar-refractivity contribution in [3.8, 4) is 5.75 Å². The molecule has 0 fully saturated rings. The van der Waals surface area contributed by atoms with Crippen LogP contribution >= 0.6 is 0 Å². The number of carbonyl (C=O) groups excluding carboxylic acids is 1. The summed E-state index contributed by atoms with van der Waals surface area (Å²) in [6, 6.07) is 7.01. The zero-order chi connectivity index (χ0) is 14.1. The van der Waals surface area contributed by atoms with Gasteiger partial charge < -0.3 is 4.74 Å². The predicted octanol–water partition coefficient (Wildman–Crippen LogP) is 3.91. The van der Waals surface area contributed by atoms with Gasteiger partial charge in [-0.3, -0.25) is 4.79 Å². The third kappa shape index (κ3) is 5.75. The lowest BCUT2D eigenvalue weighted by Crippen LogP contribution is -2.01. The molecule has 0 bridgehead atoms. The second-order valence-electron chi connectivity index (χ2n) is 4.25. The van der Waals surface area contributed by atoms with Crippen molar-refractivity contribution in [1.82, 2.24) is 0 Å². The van der Waals surface area contributed by atoms with E-state index in [1.165, 1.54) is 0 Å². The van der Waals surface area contributed by atoms with Gasteiger partial charge in [0.15, 0.2) is 5.78 Å². The van der Waals surface area contributed by atoms with Crippen molar-refractivity contribution in [2.75, 3.05) is 13.2 Å². The fourth-order valence-corrected chi connectivity index (χ4v) is 1.44. The number of carbonyl (C=O) groups is 1. The number of ether oxygens (including phenoxy) is 1. The van der Waals surface area contributed by atoms with Crippen LogP contribution in [0.1, 0.15) is 30.1 Å². The van der Waals surface area contributed by atoms with Crippen LogP contribution in [-0.4, -0.2) is 18.9 Å². The SMILES string of the molecule is C=C(C)COc1ccc(C(=O)CCCN=[N+]=[N-])cc1. The van der Waals surface area contributed by atoms with Gasteiger partial charge in [0, 0.05) is 23.4 Å². The Hall–Kier alpha value is -2.26. The van der Waals surface area contributed by atoms with Gasteiger partial charge >= 0.3 is 0 Å². The van der Waals surface area contributed by atoms with Crippen LogP contribution in [0.5, 0.6) is 5.75 Å². The second-order valence-corrected chi connectivity index (χ2v) is 4.25. The lowest BCUT2D eigenvalue weighted by molar-refractivity contribution is 0.0981. The number of hydrogen-bond donors (Lipinski definition) is 0. The van der Waals surface area contributed by atoms with E-state index >= 15 is 0 Å². The van der Waals surface area contributed by atoms with Gasteiger partial charge in [0.1, 0.15) is 12.4 Å². The molecule has 0 heterocycles. The van der Waals surface area contributed by atoms with Gasteiger partial charge in [0.05, 0.1) is 0 Å². The lowest BCUT2D eigenvalue weighted by atomic mass is 10.1. The Kier molecular flexibility index (Phi) is 6.19. The Morgan fingerprint density at radius 3 is 2.68 bits per heavy atom. The molecule has 0 unspecified atom stereocenters. The van der Waals surface area contributed by atoms with Crippen molar-refractivity contribution in [3.05, 3.63) is 52.4 Å². The molecule has 1 rings (SSSR count). The number of hydrogen-bond acceptors (Lipinski definition) is 3. The molecule has 0 aliphatic heterocycles. The summed E-state index contributed by atoms with van der Waals surface area (Å²) in [4.78, 5) is 14.4. The number of nitrogens with zero attached hydrogens (tertiary/aromatic N) is 3. The van der Waals surface area contributed by atoms with Crippen LogP contribution in [0.15, 0.2) is 41.5 Å². The Balaban J connectivity index is 2.48. The summed E-state index contributed by atoms with van der Waals surface area (Å²) < 4.78 is 5.45. The first-order valence-corrected chi connectivity index (χ1v) is 6.05. The summed E-state index contributed by atoms with van der Waals surface area (Å²) in [6.45, 7) is 6.46. The summed E-state index contributed by atoms with van der Waals surface area (Å²) in [5.74, 6) is 0.758. The van der Waals surface area contributed by atoms with Crippen LogP contribution in [0.25, 0.3) is 10.4 Å². The molecule has 1 aromatic rings. The van der Waals surface area contributed by atoms with E-state index in [1.54, 1.807) is 24.3 Å². The Bertz CT molecular complexity index is 488. The first-order valence-electron chi connectivity index (χ1n) is 6.05. The van der Waals surface area contributed by atoms with Gasteiger partial charge in [0.25, 0.3) is 0 Å².